The van der Waals surface area contributed by atoms with Crippen molar-refractivity contribution in [3.63, 3.8) is 0 Å². The van der Waals surface area contributed by atoms with Gasteiger partial charge in [-0.25, -0.2) is 0 Å². The first kappa shape index (κ1) is 14.6. The molecule has 0 radical (unpaired) electrons. The van der Waals surface area contributed by atoms with E-state index in [0.29, 0.717) is 6.42 Å². The van der Waals surface area contributed by atoms with Crippen molar-refractivity contribution in [2.75, 3.05) is 0 Å². The summed E-state index contributed by atoms with van der Waals surface area (Å²) in [4.78, 5) is 30.6. The van der Waals surface area contributed by atoms with Gasteiger partial charge in [-0.2, -0.15) is 19.4 Å². The molecule has 0 aromatic rings. The van der Waals surface area contributed by atoms with E-state index in [1.807, 2.05) is 6.92 Å². The van der Waals surface area contributed by atoms with Crippen LogP contribution in [0.2, 0.25) is 0 Å². The monoisotopic (exact) mass is 260 g/mol. The average Bonchev–Trinajstić information content (AvgIpc) is 2.37. The molecule has 1 rings (SSSR count). The van der Waals surface area contributed by atoms with Crippen molar-refractivity contribution in [3.05, 3.63) is 0 Å². The van der Waals surface area contributed by atoms with E-state index in [-0.39, 0.29) is 12.2 Å². The summed E-state index contributed by atoms with van der Waals surface area (Å²) < 4.78 is 9.73. The van der Waals surface area contributed by atoms with Crippen LogP contribution in [0.1, 0.15) is 52.4 Å². The maximum Gasteiger partial charge on any atom is 0.550 e. The fraction of sp³-hybridized carbons (Fsp3) is 0.833. The first-order valence-electron chi connectivity index (χ1n) is 6.37. The Labute approximate surface area is 106 Å². The molecule has 0 aromatic heterocycles. The Morgan fingerprint density at radius 3 is 2.33 bits per heavy atom. The van der Waals surface area contributed by atoms with E-state index in [9.17, 15) is 9.59 Å². The van der Waals surface area contributed by atoms with Gasteiger partial charge in [0.15, 0.2) is 0 Å². The molecule has 0 spiro atoms. The third kappa shape index (κ3) is 5.75. The highest BCUT2D eigenvalue weighted by Gasteiger charge is 2.21. The Morgan fingerprint density at radius 1 is 1.11 bits per heavy atom. The van der Waals surface area contributed by atoms with Gasteiger partial charge >= 0.3 is 12.3 Å². The summed E-state index contributed by atoms with van der Waals surface area (Å²) in [7, 11) is 0. The van der Waals surface area contributed by atoms with E-state index in [4.69, 9.17) is 9.47 Å². The molecule has 0 N–H and O–H groups in total. The standard InChI is InChI=1S/C12H20O6/c1-3-9(2)15-11(13)17-18-12(14)16-10-7-5-4-6-8-10/h9-10H,3-8H2,1-2H3. The molecule has 0 aromatic carbocycles. The number of carbonyl (C=O) groups is 2. The predicted octanol–water partition coefficient (Wildman–Crippen LogP) is 3.34. The van der Waals surface area contributed by atoms with Crippen LogP contribution in [0.4, 0.5) is 9.59 Å². The van der Waals surface area contributed by atoms with Crippen LogP contribution in [-0.4, -0.2) is 24.5 Å². The van der Waals surface area contributed by atoms with Crippen molar-refractivity contribution in [2.45, 2.75) is 64.6 Å². The molecule has 104 valence electrons. The zero-order valence-electron chi connectivity index (χ0n) is 10.8. The van der Waals surface area contributed by atoms with E-state index < -0.39 is 12.3 Å². The number of hydrogen-bond acceptors (Lipinski definition) is 6. The van der Waals surface area contributed by atoms with Crippen molar-refractivity contribution in [1.29, 1.82) is 0 Å². The van der Waals surface area contributed by atoms with Crippen molar-refractivity contribution in [1.82, 2.24) is 0 Å². The van der Waals surface area contributed by atoms with Gasteiger partial charge in [0.2, 0.25) is 0 Å². The van der Waals surface area contributed by atoms with Crippen LogP contribution in [0.5, 0.6) is 0 Å². The maximum absolute atomic E-state index is 11.2. The zero-order chi connectivity index (χ0) is 13.4. The van der Waals surface area contributed by atoms with Gasteiger partial charge in [0.25, 0.3) is 0 Å². The molecule has 0 amide bonds. The van der Waals surface area contributed by atoms with Crippen LogP contribution in [0.15, 0.2) is 0 Å². The smallest absolute Gasteiger partial charge is 0.429 e. The van der Waals surface area contributed by atoms with Crippen LogP contribution in [0, 0.1) is 0 Å². The third-order valence-corrected chi connectivity index (χ3v) is 2.87. The number of carbonyl (C=O) groups excluding carboxylic acids is 2. The van der Waals surface area contributed by atoms with E-state index >= 15 is 0 Å². The summed E-state index contributed by atoms with van der Waals surface area (Å²) >= 11 is 0. The van der Waals surface area contributed by atoms with Gasteiger partial charge < -0.3 is 9.47 Å². The molecule has 0 heterocycles. The molecule has 1 fully saturated rings. The Balaban J connectivity index is 2.14. The van der Waals surface area contributed by atoms with Gasteiger partial charge in [-0.3, -0.25) is 0 Å². The normalized spacial score (nSPS) is 17.7. The summed E-state index contributed by atoms with van der Waals surface area (Å²) in [5.41, 5.74) is 0. The number of hydrogen-bond donors (Lipinski definition) is 0. The second-order valence-corrected chi connectivity index (χ2v) is 4.38. The molecule has 18 heavy (non-hydrogen) atoms. The highest BCUT2D eigenvalue weighted by atomic mass is 17.3. The Bertz CT molecular complexity index is 272. The first-order valence-corrected chi connectivity index (χ1v) is 6.37. The van der Waals surface area contributed by atoms with Gasteiger partial charge in [0.1, 0.15) is 12.2 Å². The predicted molar refractivity (Wildman–Crippen MR) is 61.8 cm³/mol. The van der Waals surface area contributed by atoms with Gasteiger partial charge in [0.05, 0.1) is 0 Å². The third-order valence-electron chi connectivity index (χ3n) is 2.87. The van der Waals surface area contributed by atoms with Crippen molar-refractivity contribution in [2.24, 2.45) is 0 Å². The second kappa shape index (κ2) is 7.79. The highest BCUT2D eigenvalue weighted by molar-refractivity contribution is 5.63. The fourth-order valence-electron chi connectivity index (χ4n) is 1.67. The van der Waals surface area contributed by atoms with E-state index in [1.54, 1.807) is 6.92 Å². The minimum Gasteiger partial charge on any atom is -0.429 e. The Morgan fingerprint density at radius 2 is 1.72 bits per heavy atom. The number of ether oxygens (including phenoxy) is 2. The summed E-state index contributed by atoms with van der Waals surface area (Å²) in [5, 5.41) is 0. The summed E-state index contributed by atoms with van der Waals surface area (Å²) in [5.74, 6) is 0. The van der Waals surface area contributed by atoms with Gasteiger partial charge in [-0.1, -0.05) is 13.3 Å². The van der Waals surface area contributed by atoms with Gasteiger partial charge in [0, 0.05) is 0 Å². The summed E-state index contributed by atoms with van der Waals surface area (Å²) in [6.07, 6.45) is 3.08. The molecular formula is C12H20O6. The summed E-state index contributed by atoms with van der Waals surface area (Å²) in [6.45, 7) is 3.57. The Kier molecular flexibility index (Phi) is 6.32. The first-order chi connectivity index (χ1) is 8.61. The van der Waals surface area contributed by atoms with E-state index in [2.05, 4.69) is 9.78 Å². The molecule has 1 aliphatic carbocycles. The minimum absolute atomic E-state index is 0.138. The molecule has 6 heteroatoms. The van der Waals surface area contributed by atoms with Crippen LogP contribution in [-0.2, 0) is 19.2 Å². The van der Waals surface area contributed by atoms with E-state index in [1.165, 1.54) is 0 Å². The van der Waals surface area contributed by atoms with Gasteiger partial charge in [-0.05, 0) is 39.0 Å². The molecule has 0 bridgehead atoms. The molecular weight excluding hydrogens is 240 g/mol. The van der Waals surface area contributed by atoms with Crippen LogP contribution in [0.3, 0.4) is 0 Å². The second-order valence-electron chi connectivity index (χ2n) is 4.38. The number of rotatable bonds is 3. The molecule has 1 unspecified atom stereocenters. The maximum atomic E-state index is 11.2. The lowest BCUT2D eigenvalue weighted by Crippen LogP contribution is -2.23. The summed E-state index contributed by atoms with van der Waals surface area (Å²) in [6, 6.07) is 0. The quantitative estimate of drug-likeness (QED) is 0.440. The zero-order valence-corrected chi connectivity index (χ0v) is 10.8. The lowest BCUT2D eigenvalue weighted by molar-refractivity contribution is -0.225. The fourth-order valence-corrected chi connectivity index (χ4v) is 1.67. The lowest BCUT2D eigenvalue weighted by atomic mass is 9.98. The van der Waals surface area contributed by atoms with Gasteiger partial charge in [-0.15, -0.1) is 0 Å². The molecule has 0 aliphatic heterocycles. The largest absolute Gasteiger partial charge is 0.550 e. The van der Waals surface area contributed by atoms with Crippen LogP contribution in [0.25, 0.3) is 0 Å². The SMILES string of the molecule is CCC(C)OC(=O)OOC(=O)OC1CCCCC1. The molecule has 1 aliphatic rings. The minimum atomic E-state index is -1.04. The average molecular weight is 260 g/mol. The van der Waals surface area contributed by atoms with E-state index in [0.717, 1.165) is 32.1 Å². The van der Waals surface area contributed by atoms with Crippen molar-refractivity contribution in [3.8, 4) is 0 Å². The molecule has 1 saturated carbocycles. The van der Waals surface area contributed by atoms with Crippen molar-refractivity contribution < 1.29 is 28.8 Å². The van der Waals surface area contributed by atoms with Crippen molar-refractivity contribution >= 4 is 12.3 Å². The van der Waals surface area contributed by atoms with Crippen LogP contribution < -0.4 is 0 Å². The van der Waals surface area contributed by atoms with Crippen LogP contribution >= 0.6 is 0 Å². The molecule has 0 saturated heterocycles. The topological polar surface area (TPSA) is 71.1 Å². The molecule has 1 atom stereocenters. The Hall–Kier alpha value is -1.46. The molecule has 6 nitrogen and oxygen atoms in total. The lowest BCUT2D eigenvalue weighted by Gasteiger charge is -2.20. The highest BCUT2D eigenvalue weighted by Crippen LogP contribution is 2.20.